The highest BCUT2D eigenvalue weighted by Gasteiger charge is 2.36. The molecule has 2 rings (SSSR count). The van der Waals surface area contributed by atoms with Gasteiger partial charge in [0, 0.05) is 31.8 Å². The minimum atomic E-state index is 0.129. The van der Waals surface area contributed by atoms with E-state index < -0.39 is 0 Å². The van der Waals surface area contributed by atoms with Crippen LogP contribution in [0.2, 0.25) is 0 Å². The molecule has 2 saturated heterocycles. The molecule has 17 heavy (non-hydrogen) atoms. The summed E-state index contributed by atoms with van der Waals surface area (Å²) in [6.07, 6.45) is 5.72. The first-order chi connectivity index (χ1) is 8.20. The molecular weight excluding hydrogens is 216 g/mol. The first-order valence-corrected chi connectivity index (χ1v) is 6.80. The molecule has 0 aromatic rings. The predicted octanol–water partition coefficient (Wildman–Crippen LogP) is 1.15. The second kappa shape index (κ2) is 5.83. The van der Waals surface area contributed by atoms with Crippen molar-refractivity contribution in [1.29, 1.82) is 0 Å². The third-order valence-electron chi connectivity index (χ3n) is 3.96. The van der Waals surface area contributed by atoms with Crippen molar-refractivity contribution in [1.82, 2.24) is 10.2 Å². The summed E-state index contributed by atoms with van der Waals surface area (Å²) in [6, 6.07) is 1.67. The molecule has 1 N–H and O–H groups in total. The van der Waals surface area contributed by atoms with Gasteiger partial charge in [-0.2, -0.15) is 0 Å². The number of carbonyl (C=O) groups excluding carboxylic acids is 1. The Morgan fingerprint density at radius 1 is 1.35 bits per heavy atom. The molecule has 2 atom stereocenters. The van der Waals surface area contributed by atoms with E-state index in [1.165, 1.54) is 12.8 Å². The van der Waals surface area contributed by atoms with Crippen molar-refractivity contribution in [2.75, 3.05) is 20.3 Å². The van der Waals surface area contributed by atoms with Crippen molar-refractivity contribution in [2.24, 2.45) is 0 Å². The van der Waals surface area contributed by atoms with Gasteiger partial charge in [-0.25, -0.2) is 0 Å². The highest BCUT2D eigenvalue weighted by Crippen LogP contribution is 2.29. The van der Waals surface area contributed by atoms with E-state index >= 15 is 0 Å². The molecule has 2 bridgehead atoms. The van der Waals surface area contributed by atoms with E-state index in [-0.39, 0.29) is 12.5 Å². The normalized spacial score (nSPS) is 31.5. The van der Waals surface area contributed by atoms with Crippen LogP contribution in [0.1, 0.15) is 39.0 Å². The van der Waals surface area contributed by atoms with E-state index in [9.17, 15) is 4.79 Å². The van der Waals surface area contributed by atoms with Gasteiger partial charge in [-0.15, -0.1) is 0 Å². The average molecular weight is 240 g/mol. The first-order valence-electron chi connectivity index (χ1n) is 6.80. The fourth-order valence-electron chi connectivity index (χ4n) is 2.95. The number of likely N-dealkylation sites (N-methyl/N-ethyl adjacent to an activating group) is 1. The van der Waals surface area contributed by atoms with E-state index in [0.717, 1.165) is 19.3 Å². The summed E-state index contributed by atoms with van der Waals surface area (Å²) in [7, 11) is 1.92. The molecule has 0 radical (unpaired) electrons. The molecule has 2 heterocycles. The van der Waals surface area contributed by atoms with Crippen LogP contribution < -0.4 is 5.32 Å². The smallest absolute Gasteiger partial charge is 0.248 e. The van der Waals surface area contributed by atoms with Crippen LogP contribution >= 0.6 is 0 Å². The topological polar surface area (TPSA) is 41.6 Å². The molecule has 2 aliphatic heterocycles. The number of carbonyl (C=O) groups is 1. The zero-order chi connectivity index (χ0) is 12.3. The average Bonchev–Trinajstić information content (AvgIpc) is 2.67. The maximum Gasteiger partial charge on any atom is 0.248 e. The number of amides is 1. The molecular formula is C13H24N2O2. The van der Waals surface area contributed by atoms with E-state index in [4.69, 9.17) is 4.74 Å². The molecule has 0 spiro atoms. The standard InChI is InChI=1S/C13H24N2O2/c1-3-6-17-9-13(16)15(2)12-7-10-4-5-11(8-12)14-10/h10-12,14H,3-9H2,1-2H3. The van der Waals surface area contributed by atoms with Crippen LogP contribution in [0, 0.1) is 0 Å². The van der Waals surface area contributed by atoms with Gasteiger partial charge in [-0.1, -0.05) is 6.92 Å². The van der Waals surface area contributed by atoms with Crippen LogP contribution in [0.4, 0.5) is 0 Å². The summed E-state index contributed by atoms with van der Waals surface area (Å²) >= 11 is 0. The summed E-state index contributed by atoms with van der Waals surface area (Å²) in [6.45, 7) is 2.97. The Balaban J connectivity index is 1.78. The predicted molar refractivity (Wildman–Crippen MR) is 66.8 cm³/mol. The molecule has 98 valence electrons. The van der Waals surface area contributed by atoms with Gasteiger partial charge in [0.25, 0.3) is 0 Å². The molecule has 1 amide bonds. The highest BCUT2D eigenvalue weighted by molar-refractivity contribution is 5.77. The van der Waals surface area contributed by atoms with Crippen LogP contribution in [0.25, 0.3) is 0 Å². The number of piperidine rings is 1. The lowest BCUT2D eigenvalue weighted by atomic mass is 9.98. The van der Waals surface area contributed by atoms with Gasteiger partial charge in [-0.05, 0) is 32.1 Å². The van der Waals surface area contributed by atoms with Crippen LogP contribution in [0.3, 0.4) is 0 Å². The van der Waals surface area contributed by atoms with Crippen molar-refractivity contribution >= 4 is 5.91 Å². The van der Waals surface area contributed by atoms with Crippen LogP contribution in [0.5, 0.6) is 0 Å². The summed E-state index contributed by atoms with van der Waals surface area (Å²) in [5.74, 6) is 0.129. The molecule has 4 nitrogen and oxygen atoms in total. The lowest BCUT2D eigenvalue weighted by Crippen LogP contribution is -2.49. The Kier molecular flexibility index (Phi) is 4.40. The monoisotopic (exact) mass is 240 g/mol. The van der Waals surface area contributed by atoms with Crippen LogP contribution in [-0.2, 0) is 9.53 Å². The lowest BCUT2D eigenvalue weighted by Gasteiger charge is -2.35. The van der Waals surface area contributed by atoms with Gasteiger partial charge >= 0.3 is 0 Å². The molecule has 2 unspecified atom stereocenters. The minimum Gasteiger partial charge on any atom is -0.372 e. The van der Waals surface area contributed by atoms with Gasteiger partial charge < -0.3 is 15.0 Å². The van der Waals surface area contributed by atoms with Gasteiger partial charge in [0.2, 0.25) is 5.91 Å². The number of hydrogen-bond donors (Lipinski definition) is 1. The summed E-state index contributed by atoms with van der Waals surface area (Å²) in [4.78, 5) is 13.8. The number of ether oxygens (including phenoxy) is 1. The summed E-state index contributed by atoms with van der Waals surface area (Å²) < 4.78 is 5.32. The lowest BCUT2D eigenvalue weighted by molar-refractivity contribution is -0.137. The molecule has 0 aromatic carbocycles. The van der Waals surface area contributed by atoms with Crippen molar-refractivity contribution in [3.63, 3.8) is 0 Å². The highest BCUT2D eigenvalue weighted by atomic mass is 16.5. The van der Waals surface area contributed by atoms with E-state index in [2.05, 4.69) is 12.2 Å². The Morgan fingerprint density at radius 3 is 2.59 bits per heavy atom. The first kappa shape index (κ1) is 12.8. The molecule has 0 saturated carbocycles. The number of nitrogens with one attached hydrogen (secondary N) is 1. The number of hydrogen-bond acceptors (Lipinski definition) is 3. The zero-order valence-corrected chi connectivity index (χ0v) is 10.9. The zero-order valence-electron chi connectivity index (χ0n) is 10.9. The van der Waals surface area contributed by atoms with Gasteiger partial charge in [0.1, 0.15) is 6.61 Å². The fraction of sp³-hybridized carbons (Fsp3) is 0.923. The third kappa shape index (κ3) is 3.19. The Hall–Kier alpha value is -0.610. The Bertz CT molecular complexity index is 258. The molecule has 0 aliphatic carbocycles. The summed E-state index contributed by atoms with van der Waals surface area (Å²) in [5, 5.41) is 3.60. The van der Waals surface area contributed by atoms with E-state index in [0.29, 0.717) is 24.7 Å². The molecule has 2 aliphatic rings. The number of fused-ring (bicyclic) bond motifs is 2. The fourth-order valence-corrected chi connectivity index (χ4v) is 2.95. The number of rotatable bonds is 5. The SMILES string of the molecule is CCCOCC(=O)N(C)C1CC2CCC(C1)N2. The second-order valence-corrected chi connectivity index (χ2v) is 5.32. The maximum atomic E-state index is 11.9. The van der Waals surface area contributed by atoms with Crippen molar-refractivity contribution in [3.05, 3.63) is 0 Å². The van der Waals surface area contributed by atoms with Crippen molar-refractivity contribution in [2.45, 2.75) is 57.2 Å². The third-order valence-corrected chi connectivity index (χ3v) is 3.96. The maximum absolute atomic E-state index is 11.9. The molecule has 0 aromatic heterocycles. The van der Waals surface area contributed by atoms with Crippen LogP contribution in [-0.4, -0.2) is 49.2 Å². The molecule has 4 heteroatoms. The van der Waals surface area contributed by atoms with Crippen LogP contribution in [0.15, 0.2) is 0 Å². The van der Waals surface area contributed by atoms with Crippen molar-refractivity contribution < 1.29 is 9.53 Å². The second-order valence-electron chi connectivity index (χ2n) is 5.32. The van der Waals surface area contributed by atoms with E-state index in [1.54, 1.807) is 0 Å². The summed E-state index contributed by atoms with van der Waals surface area (Å²) in [5.41, 5.74) is 0. The Morgan fingerprint density at radius 2 is 2.00 bits per heavy atom. The minimum absolute atomic E-state index is 0.129. The quantitative estimate of drug-likeness (QED) is 0.733. The van der Waals surface area contributed by atoms with Gasteiger partial charge in [0.15, 0.2) is 0 Å². The van der Waals surface area contributed by atoms with Gasteiger partial charge in [-0.3, -0.25) is 4.79 Å². The van der Waals surface area contributed by atoms with Crippen molar-refractivity contribution in [3.8, 4) is 0 Å². The Labute approximate surface area is 104 Å². The number of nitrogens with zero attached hydrogens (tertiary/aromatic N) is 1. The van der Waals surface area contributed by atoms with E-state index in [1.807, 2.05) is 11.9 Å². The van der Waals surface area contributed by atoms with Gasteiger partial charge in [0.05, 0.1) is 0 Å². The largest absolute Gasteiger partial charge is 0.372 e. The molecule has 2 fully saturated rings.